The average Bonchev–Trinajstić information content (AvgIpc) is 3.45. The Balaban J connectivity index is 1.53. The smallest absolute Gasteiger partial charge is 0.273 e. The molecule has 152 valence electrons. The number of nitrogens with one attached hydrogen (secondary N) is 1. The fourth-order valence-corrected chi connectivity index (χ4v) is 4.84. The van der Waals surface area contributed by atoms with E-state index in [9.17, 15) is 4.79 Å². The fourth-order valence-electron chi connectivity index (χ4n) is 4.03. The van der Waals surface area contributed by atoms with Crippen LogP contribution in [0.25, 0.3) is 21.8 Å². The lowest BCUT2D eigenvalue weighted by molar-refractivity contribution is 0.0587. The van der Waals surface area contributed by atoms with Crippen LogP contribution in [0.4, 0.5) is 0 Å². The molecule has 0 radical (unpaired) electrons. The quantitative estimate of drug-likeness (QED) is 0.664. The molecule has 3 heterocycles. The number of aromatic amines is 1. The van der Waals surface area contributed by atoms with Gasteiger partial charge in [0, 0.05) is 42.8 Å². The van der Waals surface area contributed by atoms with Crippen LogP contribution in [0.3, 0.4) is 0 Å². The first-order chi connectivity index (χ1) is 14.2. The molecule has 0 aliphatic carbocycles. The van der Waals surface area contributed by atoms with Gasteiger partial charge in [-0.05, 0) is 26.3 Å². The second-order valence-electron chi connectivity index (χ2n) is 7.31. The van der Waals surface area contributed by atoms with Gasteiger partial charge in [-0.2, -0.15) is 5.10 Å². The van der Waals surface area contributed by atoms with Gasteiger partial charge in [0.25, 0.3) is 5.91 Å². The first-order valence-corrected chi connectivity index (χ1v) is 11.2. The predicted molar refractivity (Wildman–Crippen MR) is 117 cm³/mol. The Hall–Kier alpha value is -2.51. The van der Waals surface area contributed by atoms with E-state index in [2.05, 4.69) is 28.9 Å². The van der Waals surface area contributed by atoms with Crippen molar-refractivity contribution in [2.45, 2.75) is 32.7 Å². The molecule has 1 amide bonds. The highest BCUT2D eigenvalue weighted by Crippen LogP contribution is 2.32. The van der Waals surface area contributed by atoms with Crippen LogP contribution in [0.2, 0.25) is 0 Å². The van der Waals surface area contributed by atoms with Crippen molar-refractivity contribution in [1.29, 1.82) is 0 Å². The van der Waals surface area contributed by atoms with E-state index in [0.717, 1.165) is 54.3 Å². The van der Waals surface area contributed by atoms with Gasteiger partial charge in [-0.3, -0.25) is 9.89 Å². The van der Waals surface area contributed by atoms with E-state index in [1.807, 2.05) is 46.8 Å². The molecule has 7 heteroatoms. The lowest BCUT2D eigenvalue weighted by atomic mass is 10.0. The molecular weight excluding hydrogens is 382 g/mol. The molecule has 6 nitrogen and oxygen atoms in total. The number of hydrogen-bond donors (Lipinski definition) is 1. The number of amides is 1. The zero-order valence-corrected chi connectivity index (χ0v) is 17.8. The fraction of sp³-hybridized carbons (Fsp3) is 0.409. The number of carbonyl (C=O) groups excluding carboxylic acids is 1. The van der Waals surface area contributed by atoms with E-state index in [-0.39, 0.29) is 5.91 Å². The number of aromatic nitrogens is 3. The SMILES string of the molecule is CCN1CCC(N(CC)C(=O)c2csc(-c3c[nH]nc3-c3ccccc3)n2)CC1. The largest absolute Gasteiger partial charge is 0.334 e. The molecule has 0 saturated carbocycles. The van der Waals surface area contributed by atoms with Crippen molar-refractivity contribution in [2.75, 3.05) is 26.2 Å². The maximum absolute atomic E-state index is 13.2. The van der Waals surface area contributed by atoms with Crippen LogP contribution in [0.5, 0.6) is 0 Å². The van der Waals surface area contributed by atoms with Gasteiger partial charge in [-0.1, -0.05) is 37.3 Å². The Morgan fingerprint density at radius 2 is 2.00 bits per heavy atom. The maximum Gasteiger partial charge on any atom is 0.273 e. The number of benzene rings is 1. The topological polar surface area (TPSA) is 65.1 Å². The molecule has 1 aliphatic heterocycles. The molecule has 0 unspecified atom stereocenters. The molecule has 0 spiro atoms. The summed E-state index contributed by atoms with van der Waals surface area (Å²) in [5.74, 6) is 0.0368. The summed E-state index contributed by atoms with van der Waals surface area (Å²) in [6.07, 6.45) is 3.92. The Labute approximate surface area is 175 Å². The van der Waals surface area contributed by atoms with E-state index in [0.29, 0.717) is 18.3 Å². The predicted octanol–water partition coefficient (Wildman–Crippen LogP) is 4.15. The van der Waals surface area contributed by atoms with Crippen LogP contribution in [0.15, 0.2) is 41.9 Å². The van der Waals surface area contributed by atoms with Gasteiger partial charge in [-0.15, -0.1) is 11.3 Å². The minimum Gasteiger partial charge on any atom is -0.334 e. The summed E-state index contributed by atoms with van der Waals surface area (Å²) in [6.45, 7) is 8.16. The third kappa shape index (κ3) is 4.11. The van der Waals surface area contributed by atoms with Crippen molar-refractivity contribution in [3.63, 3.8) is 0 Å². The van der Waals surface area contributed by atoms with Crippen molar-refractivity contribution in [3.8, 4) is 21.8 Å². The van der Waals surface area contributed by atoms with E-state index in [1.165, 1.54) is 11.3 Å². The molecule has 4 rings (SSSR count). The molecule has 0 bridgehead atoms. The zero-order valence-electron chi connectivity index (χ0n) is 17.0. The third-order valence-electron chi connectivity index (χ3n) is 5.69. The van der Waals surface area contributed by atoms with E-state index in [4.69, 9.17) is 4.98 Å². The van der Waals surface area contributed by atoms with Gasteiger partial charge in [0.15, 0.2) is 0 Å². The van der Waals surface area contributed by atoms with Crippen molar-refractivity contribution >= 4 is 17.2 Å². The molecular formula is C22H27N5OS. The monoisotopic (exact) mass is 409 g/mol. The number of H-pyrrole nitrogens is 1. The Morgan fingerprint density at radius 3 is 2.69 bits per heavy atom. The van der Waals surface area contributed by atoms with Crippen molar-refractivity contribution in [2.24, 2.45) is 0 Å². The van der Waals surface area contributed by atoms with Crippen molar-refractivity contribution in [1.82, 2.24) is 25.0 Å². The molecule has 1 N–H and O–H groups in total. The second kappa shape index (κ2) is 8.88. The molecule has 1 saturated heterocycles. The highest BCUT2D eigenvalue weighted by Gasteiger charge is 2.28. The summed E-state index contributed by atoms with van der Waals surface area (Å²) in [7, 11) is 0. The highest BCUT2D eigenvalue weighted by molar-refractivity contribution is 7.13. The third-order valence-corrected chi connectivity index (χ3v) is 6.56. The Kier molecular flexibility index (Phi) is 6.06. The van der Waals surface area contributed by atoms with Crippen LogP contribution in [-0.4, -0.2) is 63.1 Å². The van der Waals surface area contributed by atoms with Crippen LogP contribution in [0.1, 0.15) is 37.2 Å². The van der Waals surface area contributed by atoms with Crippen molar-refractivity contribution < 1.29 is 4.79 Å². The number of piperidine rings is 1. The van der Waals surface area contributed by atoms with E-state index in [1.54, 1.807) is 0 Å². The summed E-state index contributed by atoms with van der Waals surface area (Å²) >= 11 is 1.50. The molecule has 2 aromatic heterocycles. The van der Waals surface area contributed by atoms with Gasteiger partial charge in [0.05, 0.1) is 5.56 Å². The second-order valence-corrected chi connectivity index (χ2v) is 8.17. The van der Waals surface area contributed by atoms with E-state index >= 15 is 0 Å². The van der Waals surface area contributed by atoms with Crippen LogP contribution in [0, 0.1) is 0 Å². The summed E-state index contributed by atoms with van der Waals surface area (Å²) in [4.78, 5) is 22.3. The number of hydrogen-bond acceptors (Lipinski definition) is 5. The van der Waals surface area contributed by atoms with Gasteiger partial charge >= 0.3 is 0 Å². The van der Waals surface area contributed by atoms with E-state index < -0.39 is 0 Å². The molecule has 29 heavy (non-hydrogen) atoms. The first-order valence-electron chi connectivity index (χ1n) is 10.3. The van der Waals surface area contributed by atoms with Gasteiger partial charge < -0.3 is 9.80 Å². The summed E-state index contributed by atoms with van der Waals surface area (Å²) in [5.41, 5.74) is 3.35. The van der Waals surface area contributed by atoms with Crippen LogP contribution >= 0.6 is 11.3 Å². The maximum atomic E-state index is 13.2. The van der Waals surface area contributed by atoms with Gasteiger partial charge in [0.1, 0.15) is 16.4 Å². The minimum absolute atomic E-state index is 0.0368. The van der Waals surface area contributed by atoms with Crippen molar-refractivity contribution in [3.05, 3.63) is 47.6 Å². The summed E-state index contributed by atoms with van der Waals surface area (Å²) in [5, 5.41) is 10.0. The molecule has 1 aromatic carbocycles. The number of rotatable bonds is 6. The standard InChI is InChI=1S/C22H27N5OS/c1-3-26-12-10-17(11-13-26)27(4-2)22(28)19-15-29-21(24-19)18-14-23-25-20(18)16-8-6-5-7-9-16/h5-9,14-15,17H,3-4,10-13H2,1-2H3,(H,23,25). The molecule has 0 atom stereocenters. The first kappa shape index (κ1) is 19.8. The summed E-state index contributed by atoms with van der Waals surface area (Å²) < 4.78 is 0. The molecule has 3 aromatic rings. The molecule has 1 fully saturated rings. The normalized spacial score (nSPS) is 15.5. The number of likely N-dealkylation sites (tertiary alicyclic amines) is 1. The van der Waals surface area contributed by atoms with Gasteiger partial charge in [0.2, 0.25) is 0 Å². The zero-order chi connectivity index (χ0) is 20.2. The lowest BCUT2D eigenvalue weighted by Crippen LogP contribution is -2.47. The molecule has 1 aliphatic rings. The number of nitrogens with zero attached hydrogens (tertiary/aromatic N) is 4. The minimum atomic E-state index is 0.0368. The highest BCUT2D eigenvalue weighted by atomic mass is 32.1. The van der Waals surface area contributed by atoms with Crippen LogP contribution < -0.4 is 0 Å². The van der Waals surface area contributed by atoms with Crippen LogP contribution in [-0.2, 0) is 0 Å². The Morgan fingerprint density at radius 1 is 1.24 bits per heavy atom. The van der Waals surface area contributed by atoms with Gasteiger partial charge in [-0.25, -0.2) is 4.98 Å². The Bertz CT molecular complexity index is 943. The lowest BCUT2D eigenvalue weighted by Gasteiger charge is -2.37. The number of carbonyl (C=O) groups is 1. The number of thiazole rings is 1. The average molecular weight is 410 g/mol. The summed E-state index contributed by atoms with van der Waals surface area (Å²) in [6, 6.07) is 10.3.